The number of likely N-dealkylation sites (N-methyl/N-ethyl adjacent to an activating group) is 1. The van der Waals surface area contributed by atoms with Gasteiger partial charge >= 0.3 is 5.97 Å². The van der Waals surface area contributed by atoms with E-state index in [9.17, 15) is 9.90 Å². The number of benzene rings is 1. The van der Waals surface area contributed by atoms with Crippen molar-refractivity contribution >= 4 is 12.0 Å². The fourth-order valence-corrected chi connectivity index (χ4v) is 1.96. The van der Waals surface area contributed by atoms with E-state index in [0.717, 1.165) is 17.2 Å². The summed E-state index contributed by atoms with van der Waals surface area (Å²) in [5.74, 6) is -0.969. The van der Waals surface area contributed by atoms with Crippen LogP contribution in [0.15, 0.2) is 30.3 Å². The maximum absolute atomic E-state index is 10.6. The number of aliphatic hydroxyl groups is 1. The SMILES string of the molecule is COCC(O)CN(C)Cc1ccccc1C=CC(=O)O. The molecule has 110 valence electrons. The van der Waals surface area contributed by atoms with E-state index in [0.29, 0.717) is 19.7 Å². The lowest BCUT2D eigenvalue weighted by Gasteiger charge is -2.21. The third-order valence-corrected chi connectivity index (χ3v) is 2.78. The topological polar surface area (TPSA) is 70.0 Å². The Balaban J connectivity index is 2.69. The first-order valence-corrected chi connectivity index (χ1v) is 6.37. The molecule has 5 nitrogen and oxygen atoms in total. The Morgan fingerprint density at radius 3 is 2.80 bits per heavy atom. The quantitative estimate of drug-likeness (QED) is 0.700. The summed E-state index contributed by atoms with van der Waals surface area (Å²) >= 11 is 0. The van der Waals surface area contributed by atoms with Crippen molar-refractivity contribution in [2.45, 2.75) is 12.6 Å². The molecule has 1 aromatic rings. The Kier molecular flexibility index (Phi) is 6.93. The monoisotopic (exact) mass is 279 g/mol. The second-order valence-electron chi connectivity index (χ2n) is 4.68. The molecule has 1 aromatic carbocycles. The molecule has 1 atom stereocenters. The number of rotatable bonds is 8. The lowest BCUT2D eigenvalue weighted by molar-refractivity contribution is -0.131. The van der Waals surface area contributed by atoms with Crippen LogP contribution in [0.25, 0.3) is 6.08 Å². The summed E-state index contributed by atoms with van der Waals surface area (Å²) in [5, 5.41) is 18.4. The third kappa shape index (κ3) is 5.97. The van der Waals surface area contributed by atoms with Gasteiger partial charge in [-0.15, -0.1) is 0 Å². The highest BCUT2D eigenvalue weighted by Crippen LogP contribution is 2.13. The molecule has 0 spiro atoms. The average Bonchev–Trinajstić information content (AvgIpc) is 2.37. The molecule has 0 aromatic heterocycles. The minimum atomic E-state index is -0.969. The van der Waals surface area contributed by atoms with Crippen molar-refractivity contribution in [2.75, 3.05) is 27.3 Å². The molecule has 0 aliphatic carbocycles. The Bertz CT molecular complexity index is 459. The Hall–Kier alpha value is -1.69. The summed E-state index contributed by atoms with van der Waals surface area (Å²) in [6.07, 6.45) is 2.17. The van der Waals surface area contributed by atoms with Gasteiger partial charge in [0, 0.05) is 26.3 Å². The van der Waals surface area contributed by atoms with Crippen LogP contribution in [0.5, 0.6) is 0 Å². The molecule has 20 heavy (non-hydrogen) atoms. The van der Waals surface area contributed by atoms with Crippen molar-refractivity contribution in [3.8, 4) is 0 Å². The van der Waals surface area contributed by atoms with Crippen molar-refractivity contribution in [3.63, 3.8) is 0 Å². The highest BCUT2D eigenvalue weighted by Gasteiger charge is 2.09. The van der Waals surface area contributed by atoms with Crippen LogP contribution in [0.2, 0.25) is 0 Å². The molecule has 0 aliphatic heterocycles. The Labute approximate surface area is 119 Å². The standard InChI is InChI=1S/C15H21NO4/c1-16(10-14(17)11-20-2)9-13-6-4-3-5-12(13)7-8-15(18)19/h3-8,14,17H,9-11H2,1-2H3,(H,18,19). The molecule has 0 amide bonds. The number of carbonyl (C=O) groups is 1. The van der Waals surface area contributed by atoms with Crippen LogP contribution >= 0.6 is 0 Å². The second kappa shape index (κ2) is 8.47. The number of aliphatic hydroxyl groups excluding tert-OH is 1. The van der Waals surface area contributed by atoms with Gasteiger partial charge in [-0.2, -0.15) is 0 Å². The molecule has 2 N–H and O–H groups in total. The molecule has 0 saturated heterocycles. The highest BCUT2D eigenvalue weighted by atomic mass is 16.5. The predicted molar refractivity (Wildman–Crippen MR) is 77.3 cm³/mol. The first kappa shape index (κ1) is 16.4. The summed E-state index contributed by atoms with van der Waals surface area (Å²) in [4.78, 5) is 12.5. The third-order valence-electron chi connectivity index (χ3n) is 2.78. The van der Waals surface area contributed by atoms with Crippen molar-refractivity contribution in [1.82, 2.24) is 4.90 Å². The van der Waals surface area contributed by atoms with Crippen LogP contribution in [0.4, 0.5) is 0 Å². The van der Waals surface area contributed by atoms with Crippen molar-refractivity contribution in [1.29, 1.82) is 0 Å². The van der Waals surface area contributed by atoms with Gasteiger partial charge in [-0.3, -0.25) is 4.90 Å². The molecule has 0 heterocycles. The van der Waals surface area contributed by atoms with Crippen LogP contribution < -0.4 is 0 Å². The van der Waals surface area contributed by atoms with Crippen LogP contribution in [0.3, 0.4) is 0 Å². The van der Waals surface area contributed by atoms with Crippen LogP contribution in [-0.4, -0.2) is 54.5 Å². The van der Waals surface area contributed by atoms with E-state index in [1.807, 2.05) is 36.2 Å². The molecule has 1 rings (SSSR count). The summed E-state index contributed by atoms with van der Waals surface area (Å²) in [6.45, 7) is 1.41. The van der Waals surface area contributed by atoms with Gasteiger partial charge in [-0.25, -0.2) is 4.79 Å². The van der Waals surface area contributed by atoms with E-state index in [2.05, 4.69) is 0 Å². The van der Waals surface area contributed by atoms with E-state index in [4.69, 9.17) is 9.84 Å². The smallest absolute Gasteiger partial charge is 0.328 e. The lowest BCUT2D eigenvalue weighted by atomic mass is 10.1. The van der Waals surface area contributed by atoms with Crippen molar-refractivity contribution in [2.24, 2.45) is 0 Å². The van der Waals surface area contributed by atoms with Gasteiger partial charge in [0.05, 0.1) is 12.7 Å². The zero-order valence-electron chi connectivity index (χ0n) is 11.8. The van der Waals surface area contributed by atoms with Crippen LogP contribution in [0.1, 0.15) is 11.1 Å². The van der Waals surface area contributed by atoms with E-state index in [1.165, 1.54) is 0 Å². The zero-order chi connectivity index (χ0) is 15.0. The number of ether oxygens (including phenoxy) is 1. The van der Waals surface area contributed by atoms with E-state index in [1.54, 1.807) is 13.2 Å². The molecule has 0 fully saturated rings. The Morgan fingerprint density at radius 2 is 2.15 bits per heavy atom. The summed E-state index contributed by atoms with van der Waals surface area (Å²) in [7, 11) is 3.45. The molecule has 1 unspecified atom stereocenters. The maximum Gasteiger partial charge on any atom is 0.328 e. The fraction of sp³-hybridized carbons (Fsp3) is 0.400. The maximum atomic E-state index is 10.6. The molecule has 0 bridgehead atoms. The second-order valence-corrected chi connectivity index (χ2v) is 4.68. The number of hydrogen-bond donors (Lipinski definition) is 2. The van der Waals surface area contributed by atoms with Gasteiger partial charge in [-0.05, 0) is 24.3 Å². The summed E-state index contributed by atoms with van der Waals surface area (Å²) in [6, 6.07) is 7.59. The number of nitrogens with zero attached hydrogens (tertiary/aromatic N) is 1. The first-order valence-electron chi connectivity index (χ1n) is 6.37. The number of aliphatic carboxylic acids is 1. The van der Waals surface area contributed by atoms with Gasteiger partial charge in [0.15, 0.2) is 0 Å². The fourth-order valence-electron chi connectivity index (χ4n) is 1.96. The normalized spacial score (nSPS) is 13.0. The molecule has 0 aliphatic rings. The minimum Gasteiger partial charge on any atom is -0.478 e. The van der Waals surface area contributed by atoms with Gasteiger partial charge < -0.3 is 14.9 Å². The minimum absolute atomic E-state index is 0.297. The molecule has 5 heteroatoms. The molecule has 0 saturated carbocycles. The van der Waals surface area contributed by atoms with Crippen molar-refractivity contribution in [3.05, 3.63) is 41.5 Å². The largest absolute Gasteiger partial charge is 0.478 e. The molecule has 0 radical (unpaired) electrons. The van der Waals surface area contributed by atoms with E-state index < -0.39 is 12.1 Å². The van der Waals surface area contributed by atoms with Gasteiger partial charge in [-0.1, -0.05) is 24.3 Å². The van der Waals surface area contributed by atoms with E-state index >= 15 is 0 Å². The highest BCUT2D eigenvalue weighted by molar-refractivity contribution is 5.85. The zero-order valence-corrected chi connectivity index (χ0v) is 11.8. The molecular formula is C15H21NO4. The average molecular weight is 279 g/mol. The Morgan fingerprint density at radius 1 is 1.45 bits per heavy atom. The number of carboxylic acids is 1. The van der Waals surface area contributed by atoms with Crippen molar-refractivity contribution < 1.29 is 19.7 Å². The van der Waals surface area contributed by atoms with Crippen LogP contribution in [-0.2, 0) is 16.1 Å². The van der Waals surface area contributed by atoms with E-state index in [-0.39, 0.29) is 0 Å². The van der Waals surface area contributed by atoms with Crippen LogP contribution in [0, 0.1) is 0 Å². The first-order chi connectivity index (χ1) is 9.52. The summed E-state index contributed by atoms with van der Waals surface area (Å²) < 4.78 is 4.89. The van der Waals surface area contributed by atoms with Gasteiger partial charge in [0.2, 0.25) is 0 Å². The van der Waals surface area contributed by atoms with Gasteiger partial charge in [0.25, 0.3) is 0 Å². The lowest BCUT2D eigenvalue weighted by Crippen LogP contribution is -2.31. The predicted octanol–water partition coefficient (Wildman–Crippen LogP) is 1.22. The molecular weight excluding hydrogens is 258 g/mol. The number of methoxy groups -OCH3 is 1. The number of carboxylic acid groups (broad SMARTS) is 1. The summed E-state index contributed by atoms with van der Waals surface area (Å²) in [5.41, 5.74) is 1.88. The van der Waals surface area contributed by atoms with Gasteiger partial charge in [0.1, 0.15) is 0 Å². The number of hydrogen-bond acceptors (Lipinski definition) is 4.